The summed E-state index contributed by atoms with van der Waals surface area (Å²) in [5, 5.41) is 3.88. The Morgan fingerprint density at radius 1 is 1.00 bits per heavy atom. The van der Waals surface area contributed by atoms with Crippen LogP contribution in [-0.2, 0) is 9.59 Å². The number of hydrogen-bond acceptors (Lipinski definition) is 5. The highest BCUT2D eigenvalue weighted by Gasteiger charge is 2.27. The van der Waals surface area contributed by atoms with Gasteiger partial charge in [-0.25, -0.2) is 5.43 Å². The van der Waals surface area contributed by atoms with Crippen LogP contribution in [0.5, 0.6) is 0 Å². The van der Waals surface area contributed by atoms with Gasteiger partial charge in [0.25, 0.3) is 11.8 Å². The molecular formula is C18H22N4O3S. The molecule has 0 aromatic heterocycles. The number of hydrogen-bond donors (Lipinski definition) is 1. The van der Waals surface area contributed by atoms with E-state index in [-0.39, 0.29) is 24.1 Å². The Balaban J connectivity index is 1.61. The maximum atomic E-state index is 12.7. The lowest BCUT2D eigenvalue weighted by Crippen LogP contribution is -2.42. The summed E-state index contributed by atoms with van der Waals surface area (Å²) in [6.45, 7) is 2.17. The molecule has 0 aliphatic carbocycles. The molecule has 2 aliphatic rings. The Bertz CT molecular complexity index is 732. The molecule has 0 atom stereocenters. The summed E-state index contributed by atoms with van der Waals surface area (Å²) in [7, 11) is 0. The van der Waals surface area contributed by atoms with Crippen molar-refractivity contribution in [3.05, 3.63) is 29.8 Å². The lowest BCUT2D eigenvalue weighted by Gasteiger charge is -2.23. The molecule has 1 fully saturated rings. The fourth-order valence-electron chi connectivity index (χ4n) is 3.05. The van der Waals surface area contributed by atoms with Crippen LogP contribution in [0.4, 0.5) is 0 Å². The maximum absolute atomic E-state index is 12.7. The van der Waals surface area contributed by atoms with Crippen molar-refractivity contribution < 1.29 is 14.4 Å². The van der Waals surface area contributed by atoms with Crippen molar-refractivity contribution in [2.75, 3.05) is 32.4 Å². The van der Waals surface area contributed by atoms with E-state index in [1.165, 1.54) is 0 Å². The van der Waals surface area contributed by atoms with Gasteiger partial charge in [0.15, 0.2) is 0 Å². The smallest absolute Gasteiger partial charge is 0.270 e. The van der Waals surface area contributed by atoms with E-state index in [1.807, 2.05) is 30.5 Å². The standard InChI is InChI=1S/C18H22N4O3S/c1-26-14-5-3-13(4-6-14)17(24)21-9-2-10-22(12-11-21)18(25)15-7-8-16(23)20-19-15/h3-6H,2,7-12H2,1H3,(H,20,23). The van der Waals surface area contributed by atoms with Gasteiger partial charge in [0.2, 0.25) is 5.91 Å². The van der Waals surface area contributed by atoms with Gasteiger partial charge in [-0.05, 0) is 36.9 Å². The Morgan fingerprint density at radius 2 is 1.65 bits per heavy atom. The lowest BCUT2D eigenvalue weighted by molar-refractivity contribution is -0.124. The van der Waals surface area contributed by atoms with Gasteiger partial charge in [-0.3, -0.25) is 14.4 Å². The molecule has 2 aliphatic heterocycles. The van der Waals surface area contributed by atoms with Crippen LogP contribution in [-0.4, -0.2) is 65.7 Å². The first-order chi connectivity index (χ1) is 12.6. The van der Waals surface area contributed by atoms with E-state index in [0.717, 1.165) is 11.3 Å². The molecule has 1 aromatic carbocycles. The fraction of sp³-hybridized carbons (Fsp3) is 0.444. The van der Waals surface area contributed by atoms with Gasteiger partial charge in [-0.2, -0.15) is 5.10 Å². The Kier molecular flexibility index (Phi) is 5.92. The third kappa shape index (κ3) is 4.24. The van der Waals surface area contributed by atoms with Crippen LogP contribution in [0.1, 0.15) is 29.6 Å². The van der Waals surface area contributed by atoms with Crippen LogP contribution in [0.25, 0.3) is 0 Å². The molecule has 138 valence electrons. The van der Waals surface area contributed by atoms with E-state index in [9.17, 15) is 14.4 Å². The highest BCUT2D eigenvalue weighted by atomic mass is 32.2. The topological polar surface area (TPSA) is 82.1 Å². The van der Waals surface area contributed by atoms with Crippen molar-refractivity contribution in [3.63, 3.8) is 0 Å². The molecule has 1 aromatic rings. The largest absolute Gasteiger partial charge is 0.337 e. The summed E-state index contributed by atoms with van der Waals surface area (Å²) < 4.78 is 0. The van der Waals surface area contributed by atoms with Crippen molar-refractivity contribution in [1.29, 1.82) is 0 Å². The van der Waals surface area contributed by atoms with E-state index >= 15 is 0 Å². The number of thioether (sulfide) groups is 1. The van der Waals surface area contributed by atoms with E-state index in [2.05, 4.69) is 10.5 Å². The molecule has 1 N–H and O–H groups in total. The van der Waals surface area contributed by atoms with Crippen molar-refractivity contribution >= 4 is 35.2 Å². The molecular weight excluding hydrogens is 352 g/mol. The minimum Gasteiger partial charge on any atom is -0.337 e. The molecule has 0 radical (unpaired) electrons. The van der Waals surface area contributed by atoms with Crippen molar-refractivity contribution in [1.82, 2.24) is 15.2 Å². The van der Waals surface area contributed by atoms with Crippen LogP contribution >= 0.6 is 11.8 Å². The number of carbonyl (C=O) groups excluding carboxylic acids is 3. The number of benzene rings is 1. The molecule has 0 spiro atoms. The number of hydrazone groups is 1. The van der Waals surface area contributed by atoms with Gasteiger partial charge >= 0.3 is 0 Å². The summed E-state index contributed by atoms with van der Waals surface area (Å²) in [5.41, 5.74) is 3.42. The highest BCUT2D eigenvalue weighted by Crippen LogP contribution is 2.17. The number of nitrogens with one attached hydrogen (secondary N) is 1. The summed E-state index contributed by atoms with van der Waals surface area (Å²) >= 11 is 1.64. The van der Waals surface area contributed by atoms with Crippen molar-refractivity contribution in [3.8, 4) is 0 Å². The third-order valence-corrected chi connectivity index (χ3v) is 5.30. The van der Waals surface area contributed by atoms with E-state index in [0.29, 0.717) is 43.9 Å². The molecule has 0 bridgehead atoms. The monoisotopic (exact) mass is 374 g/mol. The first-order valence-electron chi connectivity index (χ1n) is 8.66. The molecule has 26 heavy (non-hydrogen) atoms. The average molecular weight is 374 g/mol. The lowest BCUT2D eigenvalue weighted by atomic mass is 10.1. The predicted octanol–water partition coefficient (Wildman–Crippen LogP) is 1.35. The fourth-order valence-corrected chi connectivity index (χ4v) is 3.46. The molecule has 8 heteroatoms. The minimum absolute atomic E-state index is 0.00535. The summed E-state index contributed by atoms with van der Waals surface area (Å²) in [6.07, 6.45) is 3.37. The minimum atomic E-state index is -0.165. The second kappa shape index (κ2) is 8.35. The molecule has 1 saturated heterocycles. The predicted molar refractivity (Wildman–Crippen MR) is 100 cm³/mol. The number of rotatable bonds is 3. The quantitative estimate of drug-likeness (QED) is 0.810. The summed E-state index contributed by atoms with van der Waals surface area (Å²) in [6, 6.07) is 7.59. The average Bonchev–Trinajstić information content (AvgIpc) is 2.94. The molecule has 3 rings (SSSR count). The van der Waals surface area contributed by atoms with Crippen LogP contribution in [0, 0.1) is 0 Å². The Labute approximate surface area is 156 Å². The molecule has 0 unspecified atom stereocenters. The van der Waals surface area contributed by atoms with Crippen molar-refractivity contribution in [2.24, 2.45) is 5.10 Å². The normalized spacial score (nSPS) is 18.0. The van der Waals surface area contributed by atoms with Crippen LogP contribution < -0.4 is 5.43 Å². The second-order valence-electron chi connectivity index (χ2n) is 6.26. The van der Waals surface area contributed by atoms with Crippen LogP contribution in [0.3, 0.4) is 0 Å². The second-order valence-corrected chi connectivity index (χ2v) is 7.14. The first-order valence-corrected chi connectivity index (χ1v) is 9.89. The zero-order chi connectivity index (χ0) is 18.5. The van der Waals surface area contributed by atoms with Crippen LogP contribution in [0.15, 0.2) is 34.3 Å². The van der Waals surface area contributed by atoms with E-state index in [4.69, 9.17) is 0 Å². The van der Waals surface area contributed by atoms with Gasteiger partial charge in [0.1, 0.15) is 5.71 Å². The number of carbonyl (C=O) groups is 3. The molecule has 7 nitrogen and oxygen atoms in total. The maximum Gasteiger partial charge on any atom is 0.270 e. The molecule has 2 heterocycles. The van der Waals surface area contributed by atoms with Crippen molar-refractivity contribution in [2.45, 2.75) is 24.2 Å². The van der Waals surface area contributed by atoms with Gasteiger partial charge in [0, 0.05) is 49.5 Å². The molecule has 0 saturated carbocycles. The SMILES string of the molecule is CSc1ccc(C(=O)N2CCCN(C(=O)C3=NNC(=O)CC3)CC2)cc1. The van der Waals surface area contributed by atoms with E-state index in [1.54, 1.807) is 21.6 Å². The zero-order valence-electron chi connectivity index (χ0n) is 14.7. The number of amides is 3. The first kappa shape index (κ1) is 18.4. The highest BCUT2D eigenvalue weighted by molar-refractivity contribution is 7.98. The van der Waals surface area contributed by atoms with Gasteiger partial charge in [0.05, 0.1) is 0 Å². The number of nitrogens with zero attached hydrogens (tertiary/aromatic N) is 3. The Hall–Kier alpha value is -2.35. The summed E-state index contributed by atoms with van der Waals surface area (Å²) in [5.74, 6) is -0.320. The van der Waals surface area contributed by atoms with Gasteiger partial charge in [-0.15, -0.1) is 11.8 Å². The molecule has 3 amide bonds. The van der Waals surface area contributed by atoms with E-state index < -0.39 is 0 Å². The Morgan fingerprint density at radius 3 is 2.23 bits per heavy atom. The van der Waals surface area contributed by atoms with Gasteiger partial charge in [-0.1, -0.05) is 0 Å². The summed E-state index contributed by atoms with van der Waals surface area (Å²) in [4.78, 5) is 41.1. The zero-order valence-corrected chi connectivity index (χ0v) is 15.6. The third-order valence-electron chi connectivity index (χ3n) is 4.56. The van der Waals surface area contributed by atoms with Crippen LogP contribution in [0.2, 0.25) is 0 Å². The van der Waals surface area contributed by atoms with Gasteiger partial charge < -0.3 is 9.80 Å².